The van der Waals surface area contributed by atoms with Gasteiger partial charge in [0.25, 0.3) is 5.91 Å². The van der Waals surface area contributed by atoms with Crippen molar-refractivity contribution in [3.63, 3.8) is 0 Å². The van der Waals surface area contributed by atoms with Gasteiger partial charge in [-0.3, -0.25) is 9.69 Å². The number of benzene rings is 2. The molecule has 1 saturated heterocycles. The highest BCUT2D eigenvalue weighted by Gasteiger charge is 2.10. The van der Waals surface area contributed by atoms with E-state index < -0.39 is 0 Å². The van der Waals surface area contributed by atoms with E-state index in [9.17, 15) is 4.79 Å². The van der Waals surface area contributed by atoms with Crippen molar-refractivity contribution < 1.29 is 14.3 Å². The van der Waals surface area contributed by atoms with Crippen molar-refractivity contribution in [2.24, 2.45) is 0 Å². The lowest BCUT2D eigenvalue weighted by Gasteiger charge is -2.26. The van der Waals surface area contributed by atoms with Crippen LogP contribution in [-0.4, -0.2) is 56.3 Å². The summed E-state index contributed by atoms with van der Waals surface area (Å²) in [7, 11) is 0. The lowest BCUT2D eigenvalue weighted by atomic mass is 10.0. The Morgan fingerprint density at radius 3 is 2.25 bits per heavy atom. The summed E-state index contributed by atoms with van der Waals surface area (Å²) in [6.07, 6.45) is 1.02. The van der Waals surface area contributed by atoms with Gasteiger partial charge >= 0.3 is 0 Å². The van der Waals surface area contributed by atoms with E-state index >= 15 is 0 Å². The molecule has 2 aromatic rings. The molecule has 0 saturated carbocycles. The van der Waals surface area contributed by atoms with Gasteiger partial charge in [-0.15, -0.1) is 0 Å². The van der Waals surface area contributed by atoms with Crippen molar-refractivity contribution in [2.45, 2.75) is 26.3 Å². The van der Waals surface area contributed by atoms with Crippen LogP contribution in [-0.2, 0) is 4.74 Å². The topological polar surface area (TPSA) is 50.8 Å². The van der Waals surface area contributed by atoms with Crippen LogP contribution in [0.15, 0.2) is 48.5 Å². The first-order valence-electron chi connectivity index (χ1n) is 10.1. The van der Waals surface area contributed by atoms with Crippen molar-refractivity contribution in [3.8, 4) is 16.9 Å². The first-order valence-corrected chi connectivity index (χ1v) is 10.1. The second kappa shape index (κ2) is 10.2. The van der Waals surface area contributed by atoms with Gasteiger partial charge in [-0.1, -0.05) is 24.3 Å². The molecule has 0 unspecified atom stereocenters. The smallest absolute Gasteiger partial charge is 0.251 e. The Bertz CT molecular complexity index is 735. The number of carbonyl (C=O) groups excluding carboxylic acids is 1. The molecule has 0 radical (unpaired) electrons. The van der Waals surface area contributed by atoms with Crippen LogP contribution in [0, 0.1) is 0 Å². The minimum Gasteiger partial charge on any atom is -0.494 e. The molecule has 0 spiro atoms. The number of hydrogen-bond donors (Lipinski definition) is 1. The summed E-state index contributed by atoms with van der Waals surface area (Å²) in [5, 5.41) is 2.91. The third-order valence-electron chi connectivity index (χ3n) is 4.75. The lowest BCUT2D eigenvalue weighted by Crippen LogP contribution is -2.37. The normalized spacial score (nSPS) is 14.8. The van der Waals surface area contributed by atoms with E-state index in [4.69, 9.17) is 9.47 Å². The summed E-state index contributed by atoms with van der Waals surface area (Å²) in [6, 6.07) is 15.9. The second-order valence-electron chi connectivity index (χ2n) is 7.39. The first kappa shape index (κ1) is 20.4. The van der Waals surface area contributed by atoms with Gasteiger partial charge < -0.3 is 14.8 Å². The molecule has 3 rings (SSSR count). The fourth-order valence-electron chi connectivity index (χ4n) is 3.21. The molecule has 5 nitrogen and oxygen atoms in total. The molecule has 2 aromatic carbocycles. The van der Waals surface area contributed by atoms with Crippen molar-refractivity contribution in [2.75, 3.05) is 39.5 Å². The van der Waals surface area contributed by atoms with Gasteiger partial charge in [0.1, 0.15) is 5.75 Å². The average Bonchev–Trinajstić information content (AvgIpc) is 2.72. The van der Waals surface area contributed by atoms with E-state index in [1.165, 1.54) is 0 Å². The Morgan fingerprint density at radius 1 is 1.04 bits per heavy atom. The third-order valence-corrected chi connectivity index (χ3v) is 4.75. The summed E-state index contributed by atoms with van der Waals surface area (Å²) in [5.74, 6) is 0.848. The number of morpholine rings is 1. The molecule has 1 amide bonds. The first-order chi connectivity index (χ1) is 13.6. The van der Waals surface area contributed by atoms with Crippen molar-refractivity contribution in [1.29, 1.82) is 0 Å². The van der Waals surface area contributed by atoms with E-state index in [0.717, 1.165) is 62.8 Å². The minimum atomic E-state index is -0.0395. The Morgan fingerprint density at radius 2 is 1.64 bits per heavy atom. The molecule has 150 valence electrons. The van der Waals surface area contributed by atoms with Crippen molar-refractivity contribution in [3.05, 3.63) is 54.1 Å². The highest BCUT2D eigenvalue weighted by molar-refractivity contribution is 5.94. The molecule has 5 heteroatoms. The Labute approximate surface area is 167 Å². The maximum atomic E-state index is 12.0. The summed E-state index contributed by atoms with van der Waals surface area (Å²) in [6.45, 7) is 9.40. The fraction of sp³-hybridized carbons (Fsp3) is 0.435. The number of nitrogens with one attached hydrogen (secondary N) is 1. The third kappa shape index (κ3) is 6.08. The van der Waals surface area contributed by atoms with Gasteiger partial charge in [-0.25, -0.2) is 0 Å². The highest BCUT2D eigenvalue weighted by atomic mass is 16.5. The zero-order chi connectivity index (χ0) is 19.8. The molecule has 1 fully saturated rings. The van der Waals surface area contributed by atoms with Crippen LogP contribution in [0.3, 0.4) is 0 Å². The average molecular weight is 383 g/mol. The predicted molar refractivity (Wildman–Crippen MR) is 112 cm³/mol. The SMILES string of the molecule is CC(C)NC(=O)c1ccc(-c2ccc(OCCCN3CCOCC3)cc2)cc1. The fourth-order valence-corrected chi connectivity index (χ4v) is 3.21. The number of ether oxygens (including phenoxy) is 2. The molecule has 28 heavy (non-hydrogen) atoms. The van der Waals surface area contributed by atoms with Gasteiger partial charge in [0, 0.05) is 31.2 Å². The van der Waals surface area contributed by atoms with Crippen LogP contribution in [0.4, 0.5) is 0 Å². The molecule has 0 aliphatic carbocycles. The monoisotopic (exact) mass is 382 g/mol. The summed E-state index contributed by atoms with van der Waals surface area (Å²) in [4.78, 5) is 14.5. The van der Waals surface area contributed by atoms with Crippen LogP contribution < -0.4 is 10.1 Å². The van der Waals surface area contributed by atoms with Gasteiger partial charge in [-0.05, 0) is 55.7 Å². The largest absolute Gasteiger partial charge is 0.494 e. The van der Waals surface area contributed by atoms with Gasteiger partial charge in [-0.2, -0.15) is 0 Å². The zero-order valence-electron chi connectivity index (χ0n) is 16.8. The number of amides is 1. The summed E-state index contributed by atoms with van der Waals surface area (Å²) >= 11 is 0. The molecule has 1 aliphatic heterocycles. The minimum absolute atomic E-state index is 0.0395. The van der Waals surface area contributed by atoms with Gasteiger partial charge in [0.05, 0.1) is 19.8 Å². The van der Waals surface area contributed by atoms with Gasteiger partial charge in [0.2, 0.25) is 0 Å². The Hall–Kier alpha value is -2.37. The van der Waals surface area contributed by atoms with Gasteiger partial charge in [0.15, 0.2) is 0 Å². The number of nitrogens with zero attached hydrogens (tertiary/aromatic N) is 1. The van der Waals surface area contributed by atoms with E-state index in [2.05, 4.69) is 22.3 Å². The number of carbonyl (C=O) groups is 1. The van der Waals surface area contributed by atoms with Crippen LogP contribution >= 0.6 is 0 Å². The highest BCUT2D eigenvalue weighted by Crippen LogP contribution is 2.23. The molecule has 1 N–H and O–H groups in total. The van der Waals surface area contributed by atoms with Crippen LogP contribution in [0.25, 0.3) is 11.1 Å². The molecule has 0 bridgehead atoms. The van der Waals surface area contributed by atoms with E-state index in [-0.39, 0.29) is 11.9 Å². The maximum Gasteiger partial charge on any atom is 0.251 e. The molecular formula is C23H30N2O3. The Kier molecular flexibility index (Phi) is 7.46. The molecule has 0 atom stereocenters. The zero-order valence-corrected chi connectivity index (χ0v) is 16.8. The summed E-state index contributed by atoms with van der Waals surface area (Å²) < 4.78 is 11.2. The van der Waals surface area contributed by atoms with Crippen molar-refractivity contribution in [1.82, 2.24) is 10.2 Å². The van der Waals surface area contributed by atoms with E-state index in [1.54, 1.807) is 0 Å². The molecular weight excluding hydrogens is 352 g/mol. The number of rotatable bonds is 8. The maximum absolute atomic E-state index is 12.0. The predicted octanol–water partition coefficient (Wildman–Crippen LogP) is 3.59. The van der Waals surface area contributed by atoms with E-state index in [1.807, 2.05) is 50.2 Å². The summed E-state index contributed by atoms with van der Waals surface area (Å²) in [5.41, 5.74) is 2.87. The lowest BCUT2D eigenvalue weighted by molar-refractivity contribution is 0.0358. The van der Waals surface area contributed by atoms with Crippen LogP contribution in [0.2, 0.25) is 0 Å². The second-order valence-corrected chi connectivity index (χ2v) is 7.39. The molecule has 0 aromatic heterocycles. The molecule has 1 heterocycles. The molecule has 1 aliphatic rings. The van der Waals surface area contributed by atoms with Crippen molar-refractivity contribution >= 4 is 5.91 Å². The van der Waals surface area contributed by atoms with Crippen LogP contribution in [0.5, 0.6) is 5.75 Å². The van der Waals surface area contributed by atoms with Crippen LogP contribution in [0.1, 0.15) is 30.6 Å². The van der Waals surface area contributed by atoms with E-state index in [0.29, 0.717) is 5.56 Å². The Balaban J connectivity index is 1.47. The standard InChI is InChI=1S/C23H30N2O3/c1-18(2)24-23(26)21-6-4-19(5-7-21)20-8-10-22(11-9-20)28-15-3-12-25-13-16-27-17-14-25/h4-11,18H,3,12-17H2,1-2H3,(H,24,26). The quantitative estimate of drug-likeness (QED) is 0.709. The number of hydrogen-bond acceptors (Lipinski definition) is 4.